The smallest absolute Gasteiger partial charge is 0.261 e. The number of sulfonamides is 2. The third kappa shape index (κ3) is 3.94. The van der Waals surface area contributed by atoms with Crippen molar-refractivity contribution in [2.75, 3.05) is 4.72 Å². The quantitative estimate of drug-likeness (QED) is 0.880. The normalized spacial score (nSPS) is 12.1. The lowest BCUT2D eigenvalue weighted by atomic mass is 10.3. The highest BCUT2D eigenvalue weighted by Gasteiger charge is 2.17. The summed E-state index contributed by atoms with van der Waals surface area (Å²) in [7, 11) is -7.90. The molecule has 0 saturated heterocycles. The molecule has 21 heavy (non-hydrogen) atoms. The Labute approximate surface area is 127 Å². The van der Waals surface area contributed by atoms with Crippen LogP contribution in [0.3, 0.4) is 0 Å². The lowest BCUT2D eigenvalue weighted by Gasteiger charge is -2.09. The maximum atomic E-state index is 12.2. The minimum Gasteiger partial charge on any atom is -0.280 e. The van der Waals surface area contributed by atoms with E-state index in [4.69, 9.17) is 16.7 Å². The predicted octanol–water partition coefficient (Wildman–Crippen LogP) is 1.79. The Kier molecular flexibility index (Phi) is 4.24. The minimum atomic E-state index is -3.97. The second-order valence-corrected chi connectivity index (χ2v) is 7.81. The van der Waals surface area contributed by atoms with Crippen molar-refractivity contribution >= 4 is 37.3 Å². The summed E-state index contributed by atoms with van der Waals surface area (Å²) in [6.45, 7) is 0. The molecular formula is C12H11ClN2O4S2. The van der Waals surface area contributed by atoms with E-state index in [-0.39, 0.29) is 9.79 Å². The molecule has 0 aliphatic rings. The monoisotopic (exact) mass is 346 g/mol. The number of hydrogen-bond donors (Lipinski definition) is 2. The zero-order valence-corrected chi connectivity index (χ0v) is 12.9. The maximum absolute atomic E-state index is 12.2. The van der Waals surface area contributed by atoms with E-state index in [1.165, 1.54) is 42.5 Å². The molecule has 3 N–H and O–H groups in total. The molecule has 0 saturated carbocycles. The van der Waals surface area contributed by atoms with Gasteiger partial charge in [-0.05, 0) is 42.5 Å². The standard InChI is InChI=1S/C12H11ClN2O4S2/c13-9-4-6-10(7-5-9)15-21(18,19)12-3-1-2-11(8-12)20(14,16)17/h1-8,15H,(H2,14,16,17). The highest BCUT2D eigenvalue weighted by molar-refractivity contribution is 7.93. The van der Waals surface area contributed by atoms with Gasteiger partial charge in [-0.1, -0.05) is 17.7 Å². The molecule has 0 unspecified atom stereocenters. The topological polar surface area (TPSA) is 106 Å². The number of benzene rings is 2. The van der Waals surface area contributed by atoms with Crippen LogP contribution in [0.25, 0.3) is 0 Å². The molecule has 6 nitrogen and oxygen atoms in total. The summed E-state index contributed by atoms with van der Waals surface area (Å²) in [5, 5.41) is 5.45. The van der Waals surface area contributed by atoms with E-state index in [2.05, 4.69) is 4.72 Å². The maximum Gasteiger partial charge on any atom is 0.261 e. The molecule has 0 amide bonds. The predicted molar refractivity (Wildman–Crippen MR) is 80.1 cm³/mol. The molecule has 0 aromatic heterocycles. The molecule has 0 aliphatic carbocycles. The summed E-state index contributed by atoms with van der Waals surface area (Å²) < 4.78 is 49.2. The molecule has 0 bridgehead atoms. The molecule has 9 heteroatoms. The number of halogens is 1. The van der Waals surface area contributed by atoms with E-state index in [1.54, 1.807) is 0 Å². The highest BCUT2D eigenvalue weighted by atomic mass is 35.5. The van der Waals surface area contributed by atoms with Crippen LogP contribution in [0.2, 0.25) is 5.02 Å². The molecule has 2 rings (SSSR count). The van der Waals surface area contributed by atoms with Gasteiger partial charge in [0.05, 0.1) is 9.79 Å². The van der Waals surface area contributed by atoms with Crippen LogP contribution >= 0.6 is 11.6 Å². The Hall–Kier alpha value is -1.61. The van der Waals surface area contributed by atoms with E-state index in [0.717, 1.165) is 6.07 Å². The number of rotatable bonds is 4. The van der Waals surface area contributed by atoms with Crippen LogP contribution in [0.4, 0.5) is 5.69 Å². The number of anilines is 1. The average Bonchev–Trinajstić information content (AvgIpc) is 2.40. The van der Waals surface area contributed by atoms with Crippen LogP contribution in [0.15, 0.2) is 58.3 Å². The van der Waals surface area contributed by atoms with Crippen molar-refractivity contribution in [2.45, 2.75) is 9.79 Å². The summed E-state index contributed by atoms with van der Waals surface area (Å²) in [5.74, 6) is 0. The molecule has 112 valence electrons. The first-order valence-electron chi connectivity index (χ1n) is 5.60. The van der Waals surface area contributed by atoms with Gasteiger partial charge < -0.3 is 0 Å². The molecule has 0 atom stereocenters. The Morgan fingerprint density at radius 2 is 1.48 bits per heavy atom. The number of nitrogens with two attached hydrogens (primary N) is 1. The third-order valence-corrected chi connectivity index (χ3v) is 5.08. The van der Waals surface area contributed by atoms with Crippen molar-refractivity contribution in [3.8, 4) is 0 Å². The molecule has 0 heterocycles. The van der Waals surface area contributed by atoms with Gasteiger partial charge in [-0.3, -0.25) is 4.72 Å². The lowest BCUT2D eigenvalue weighted by molar-refractivity contribution is 0.597. The summed E-state index contributed by atoms with van der Waals surface area (Å²) in [6.07, 6.45) is 0. The first kappa shape index (κ1) is 15.8. The van der Waals surface area contributed by atoms with E-state index in [9.17, 15) is 16.8 Å². The summed E-state index contributed by atoms with van der Waals surface area (Å²) in [6, 6.07) is 10.8. The van der Waals surface area contributed by atoms with Crippen LogP contribution in [0, 0.1) is 0 Å². The van der Waals surface area contributed by atoms with Crippen molar-refractivity contribution in [3.05, 3.63) is 53.6 Å². The zero-order chi connectivity index (χ0) is 15.7. The van der Waals surface area contributed by atoms with Crippen LogP contribution in [0.5, 0.6) is 0 Å². The largest absolute Gasteiger partial charge is 0.280 e. The first-order valence-corrected chi connectivity index (χ1v) is 9.00. The molecule has 0 radical (unpaired) electrons. The fraction of sp³-hybridized carbons (Fsp3) is 0. The van der Waals surface area contributed by atoms with Crippen LogP contribution in [-0.2, 0) is 20.0 Å². The average molecular weight is 347 g/mol. The fourth-order valence-electron chi connectivity index (χ4n) is 1.55. The van der Waals surface area contributed by atoms with Crippen molar-refractivity contribution < 1.29 is 16.8 Å². The second-order valence-electron chi connectivity index (χ2n) is 4.13. The van der Waals surface area contributed by atoms with Gasteiger partial charge in [0.1, 0.15) is 0 Å². The van der Waals surface area contributed by atoms with Crippen LogP contribution in [0.1, 0.15) is 0 Å². The van der Waals surface area contributed by atoms with Gasteiger partial charge in [0, 0.05) is 10.7 Å². The van der Waals surface area contributed by atoms with Crippen LogP contribution in [-0.4, -0.2) is 16.8 Å². The Bertz CT molecular complexity index is 862. The fourth-order valence-corrected chi connectivity index (χ4v) is 3.41. The summed E-state index contributed by atoms with van der Waals surface area (Å²) in [5.41, 5.74) is 0.306. The molecule has 0 spiro atoms. The van der Waals surface area contributed by atoms with Gasteiger partial charge in [0.2, 0.25) is 10.0 Å². The Morgan fingerprint density at radius 1 is 0.905 bits per heavy atom. The molecule has 2 aromatic carbocycles. The van der Waals surface area contributed by atoms with Crippen LogP contribution < -0.4 is 9.86 Å². The van der Waals surface area contributed by atoms with E-state index < -0.39 is 20.0 Å². The van der Waals surface area contributed by atoms with Gasteiger partial charge in [-0.25, -0.2) is 22.0 Å². The van der Waals surface area contributed by atoms with Gasteiger partial charge in [-0.15, -0.1) is 0 Å². The number of hydrogen-bond acceptors (Lipinski definition) is 4. The zero-order valence-electron chi connectivity index (χ0n) is 10.5. The van der Waals surface area contributed by atoms with Gasteiger partial charge in [0.15, 0.2) is 0 Å². The Balaban J connectivity index is 2.38. The van der Waals surface area contributed by atoms with Gasteiger partial charge in [0.25, 0.3) is 10.0 Å². The SMILES string of the molecule is NS(=O)(=O)c1cccc(S(=O)(=O)Nc2ccc(Cl)cc2)c1. The van der Waals surface area contributed by atoms with Gasteiger partial charge in [-0.2, -0.15) is 0 Å². The van der Waals surface area contributed by atoms with E-state index in [1.807, 2.05) is 0 Å². The number of nitrogens with one attached hydrogen (secondary N) is 1. The number of primary sulfonamides is 1. The van der Waals surface area contributed by atoms with E-state index >= 15 is 0 Å². The molecule has 0 aliphatic heterocycles. The third-order valence-electron chi connectivity index (χ3n) is 2.54. The summed E-state index contributed by atoms with van der Waals surface area (Å²) >= 11 is 5.71. The van der Waals surface area contributed by atoms with Crippen molar-refractivity contribution in [3.63, 3.8) is 0 Å². The lowest BCUT2D eigenvalue weighted by Crippen LogP contribution is -2.16. The van der Waals surface area contributed by atoms with Crippen molar-refractivity contribution in [2.24, 2.45) is 5.14 Å². The molecule has 0 fully saturated rings. The van der Waals surface area contributed by atoms with Gasteiger partial charge >= 0.3 is 0 Å². The molecule has 2 aromatic rings. The van der Waals surface area contributed by atoms with Crippen molar-refractivity contribution in [1.29, 1.82) is 0 Å². The second kappa shape index (κ2) is 5.64. The van der Waals surface area contributed by atoms with E-state index in [0.29, 0.717) is 10.7 Å². The highest BCUT2D eigenvalue weighted by Crippen LogP contribution is 2.20. The minimum absolute atomic E-state index is 0.205. The van der Waals surface area contributed by atoms with Crippen molar-refractivity contribution in [1.82, 2.24) is 0 Å². The first-order chi connectivity index (χ1) is 9.68. The summed E-state index contributed by atoms with van der Waals surface area (Å²) in [4.78, 5) is -0.481. The Morgan fingerprint density at radius 3 is 2.05 bits per heavy atom. The molecular weight excluding hydrogens is 336 g/mol.